The van der Waals surface area contributed by atoms with Crippen LogP contribution >= 0.6 is 0 Å². The highest BCUT2D eigenvalue weighted by molar-refractivity contribution is 7.92. The number of rotatable bonds is 8. The molecule has 0 atom stereocenters. The lowest BCUT2D eigenvalue weighted by atomic mass is 10.3. The number of nitrogens with zero attached hydrogens (tertiary/aromatic N) is 1. The van der Waals surface area contributed by atoms with Crippen molar-refractivity contribution in [3.05, 3.63) is 60.5 Å². The third kappa shape index (κ3) is 4.85. The maximum absolute atomic E-state index is 12.9. The molecule has 0 radical (unpaired) electrons. The van der Waals surface area contributed by atoms with Crippen LogP contribution in [-0.2, 0) is 10.0 Å². The molecule has 9 nitrogen and oxygen atoms in total. The number of amides is 1. The molecule has 0 unspecified atom stereocenters. The van der Waals surface area contributed by atoms with Crippen LogP contribution in [0.4, 0.5) is 11.4 Å². The molecule has 0 aliphatic carbocycles. The summed E-state index contributed by atoms with van der Waals surface area (Å²) in [4.78, 5) is 12.0. The second kappa shape index (κ2) is 8.65. The molecule has 0 saturated heterocycles. The molecule has 10 heteroatoms. The summed E-state index contributed by atoms with van der Waals surface area (Å²) in [5.74, 6) is 0.222. The summed E-state index contributed by atoms with van der Waals surface area (Å²) in [6, 6.07) is 12.2. The minimum absolute atomic E-state index is 0.0674. The monoisotopic (exact) mass is 417 g/mol. The lowest BCUT2D eigenvalue weighted by Gasteiger charge is -2.14. The molecule has 0 aliphatic heterocycles. The van der Waals surface area contributed by atoms with Gasteiger partial charge in [0.2, 0.25) is 0 Å². The minimum atomic E-state index is -3.99. The Balaban J connectivity index is 1.85. The van der Waals surface area contributed by atoms with Crippen molar-refractivity contribution in [2.24, 2.45) is 0 Å². The summed E-state index contributed by atoms with van der Waals surface area (Å²) < 4.78 is 43.4. The molecule has 1 aromatic heterocycles. The predicted molar refractivity (Wildman–Crippen MR) is 106 cm³/mol. The normalized spacial score (nSPS) is 11.0. The first kappa shape index (κ1) is 20.2. The summed E-state index contributed by atoms with van der Waals surface area (Å²) in [7, 11) is -2.63. The number of sulfonamides is 1. The first-order valence-electron chi connectivity index (χ1n) is 8.58. The van der Waals surface area contributed by atoms with E-state index in [4.69, 9.17) is 9.47 Å². The fourth-order valence-corrected chi connectivity index (χ4v) is 3.74. The number of nitrogens with one attached hydrogen (secondary N) is 2. The quantitative estimate of drug-likeness (QED) is 0.578. The van der Waals surface area contributed by atoms with Gasteiger partial charge in [-0.25, -0.2) is 8.42 Å². The zero-order valence-corrected chi connectivity index (χ0v) is 16.5. The fraction of sp³-hybridized carbons (Fsp3) is 0.158. The number of carbonyl (C=O) groups excluding carboxylic acids is 1. The SMILES string of the molecule is CCOc1ccc(NS(=O)(=O)c2cc(NC(=O)c3ccon3)ccc2OC)cc1. The summed E-state index contributed by atoms with van der Waals surface area (Å²) in [6.45, 7) is 2.37. The summed E-state index contributed by atoms with van der Waals surface area (Å²) >= 11 is 0. The van der Waals surface area contributed by atoms with Crippen LogP contribution in [0.3, 0.4) is 0 Å². The van der Waals surface area contributed by atoms with Crippen LogP contribution in [0.5, 0.6) is 11.5 Å². The average molecular weight is 417 g/mol. The van der Waals surface area contributed by atoms with Gasteiger partial charge in [0.05, 0.1) is 13.7 Å². The van der Waals surface area contributed by atoms with Gasteiger partial charge in [0.25, 0.3) is 15.9 Å². The number of benzene rings is 2. The van der Waals surface area contributed by atoms with Crippen LogP contribution in [0.25, 0.3) is 0 Å². The largest absolute Gasteiger partial charge is 0.495 e. The van der Waals surface area contributed by atoms with Crippen LogP contribution in [0.2, 0.25) is 0 Å². The lowest BCUT2D eigenvalue weighted by Crippen LogP contribution is -2.16. The third-order valence-corrected chi connectivity index (χ3v) is 5.20. The second-order valence-corrected chi connectivity index (χ2v) is 7.42. The zero-order valence-electron chi connectivity index (χ0n) is 15.7. The van der Waals surface area contributed by atoms with Crippen LogP contribution in [0.15, 0.2) is 64.2 Å². The molecule has 2 aromatic carbocycles. The van der Waals surface area contributed by atoms with Gasteiger partial charge in [-0.1, -0.05) is 5.16 Å². The highest BCUT2D eigenvalue weighted by atomic mass is 32.2. The molecule has 0 spiro atoms. The first-order valence-corrected chi connectivity index (χ1v) is 10.1. The van der Waals surface area contributed by atoms with E-state index < -0.39 is 15.9 Å². The van der Waals surface area contributed by atoms with E-state index in [0.717, 1.165) is 0 Å². The average Bonchev–Trinajstić information content (AvgIpc) is 3.24. The molecular weight excluding hydrogens is 398 g/mol. The Labute approximate surface area is 167 Å². The predicted octanol–water partition coefficient (Wildman–Crippen LogP) is 3.14. The molecule has 0 aliphatic rings. The Morgan fingerprint density at radius 2 is 1.83 bits per heavy atom. The van der Waals surface area contributed by atoms with Gasteiger partial charge in [-0.05, 0) is 49.4 Å². The van der Waals surface area contributed by atoms with Gasteiger partial charge in [-0.2, -0.15) is 0 Å². The van der Waals surface area contributed by atoms with E-state index in [1.54, 1.807) is 24.3 Å². The van der Waals surface area contributed by atoms with E-state index >= 15 is 0 Å². The van der Waals surface area contributed by atoms with E-state index in [0.29, 0.717) is 18.0 Å². The van der Waals surface area contributed by atoms with Gasteiger partial charge in [0.15, 0.2) is 5.69 Å². The van der Waals surface area contributed by atoms with E-state index in [-0.39, 0.29) is 22.0 Å². The molecular formula is C19H19N3O6S. The standard InChI is InChI=1S/C19H19N3O6S/c1-3-27-15-7-4-13(5-8-15)22-29(24,25)18-12-14(6-9-17(18)26-2)20-19(23)16-10-11-28-21-16/h4-12,22H,3H2,1-2H3,(H,20,23). The van der Waals surface area contributed by atoms with Gasteiger partial charge in [0.1, 0.15) is 22.7 Å². The van der Waals surface area contributed by atoms with Gasteiger partial charge in [-0.3, -0.25) is 9.52 Å². The van der Waals surface area contributed by atoms with Crippen molar-refractivity contribution in [2.45, 2.75) is 11.8 Å². The molecule has 3 aromatic rings. The van der Waals surface area contributed by atoms with Gasteiger partial charge in [0, 0.05) is 17.4 Å². The Kier molecular flexibility index (Phi) is 6.03. The second-order valence-electron chi connectivity index (χ2n) is 5.77. The Bertz CT molecular complexity index is 1080. The number of aromatic nitrogens is 1. The van der Waals surface area contributed by atoms with Crippen LogP contribution in [0.1, 0.15) is 17.4 Å². The molecule has 1 heterocycles. The number of hydrogen-bond donors (Lipinski definition) is 2. The van der Waals surface area contributed by atoms with Crippen molar-refractivity contribution in [3.63, 3.8) is 0 Å². The maximum Gasteiger partial charge on any atom is 0.277 e. The van der Waals surface area contributed by atoms with Crippen LogP contribution in [0, 0.1) is 0 Å². The van der Waals surface area contributed by atoms with E-state index in [2.05, 4.69) is 19.7 Å². The van der Waals surface area contributed by atoms with E-state index in [9.17, 15) is 13.2 Å². The number of hydrogen-bond acceptors (Lipinski definition) is 7. The van der Waals surface area contributed by atoms with E-state index in [1.165, 1.54) is 37.6 Å². The van der Waals surface area contributed by atoms with Crippen molar-refractivity contribution < 1.29 is 27.2 Å². The summed E-state index contributed by atoms with van der Waals surface area (Å²) in [6.07, 6.45) is 1.26. The number of anilines is 2. The van der Waals surface area contributed by atoms with Crippen molar-refractivity contribution in [2.75, 3.05) is 23.8 Å². The summed E-state index contributed by atoms with van der Waals surface area (Å²) in [5, 5.41) is 6.11. The molecule has 0 bridgehead atoms. The van der Waals surface area contributed by atoms with Crippen molar-refractivity contribution in [1.29, 1.82) is 0 Å². The Morgan fingerprint density at radius 1 is 1.10 bits per heavy atom. The summed E-state index contributed by atoms with van der Waals surface area (Å²) in [5.41, 5.74) is 0.677. The van der Waals surface area contributed by atoms with Crippen molar-refractivity contribution in [3.8, 4) is 11.5 Å². The maximum atomic E-state index is 12.9. The lowest BCUT2D eigenvalue weighted by molar-refractivity contribution is 0.101. The molecule has 152 valence electrons. The van der Waals surface area contributed by atoms with Crippen molar-refractivity contribution in [1.82, 2.24) is 5.16 Å². The molecule has 3 rings (SSSR count). The van der Waals surface area contributed by atoms with Crippen LogP contribution < -0.4 is 19.5 Å². The Hall–Kier alpha value is -3.53. The molecule has 2 N–H and O–H groups in total. The molecule has 0 saturated carbocycles. The number of methoxy groups -OCH3 is 1. The smallest absolute Gasteiger partial charge is 0.277 e. The number of ether oxygens (including phenoxy) is 2. The topological polar surface area (TPSA) is 120 Å². The van der Waals surface area contributed by atoms with Gasteiger partial charge >= 0.3 is 0 Å². The first-order chi connectivity index (χ1) is 13.9. The van der Waals surface area contributed by atoms with E-state index in [1.807, 2.05) is 6.92 Å². The number of carbonyl (C=O) groups is 1. The fourth-order valence-electron chi connectivity index (χ4n) is 2.49. The zero-order chi connectivity index (χ0) is 20.9. The molecule has 1 amide bonds. The third-order valence-electron chi connectivity index (χ3n) is 3.80. The van der Waals surface area contributed by atoms with Gasteiger partial charge in [-0.15, -0.1) is 0 Å². The molecule has 29 heavy (non-hydrogen) atoms. The highest BCUT2D eigenvalue weighted by Crippen LogP contribution is 2.29. The Morgan fingerprint density at radius 3 is 2.45 bits per heavy atom. The minimum Gasteiger partial charge on any atom is -0.495 e. The van der Waals surface area contributed by atoms with Crippen molar-refractivity contribution >= 4 is 27.3 Å². The van der Waals surface area contributed by atoms with Crippen LogP contribution in [-0.4, -0.2) is 33.2 Å². The van der Waals surface area contributed by atoms with Gasteiger partial charge < -0.3 is 19.3 Å². The molecule has 0 fully saturated rings. The highest BCUT2D eigenvalue weighted by Gasteiger charge is 2.21.